The minimum atomic E-state index is -1.16. The van der Waals surface area contributed by atoms with E-state index in [1.807, 2.05) is 48.5 Å². The first-order valence-electron chi connectivity index (χ1n) is 11.3. The highest BCUT2D eigenvalue weighted by Crippen LogP contribution is 2.44. The monoisotopic (exact) mass is 472 g/mol. The highest BCUT2D eigenvalue weighted by atomic mass is 16.5. The molecule has 0 bridgehead atoms. The fourth-order valence-corrected chi connectivity index (χ4v) is 4.79. The lowest BCUT2D eigenvalue weighted by atomic mass is 9.98. The summed E-state index contributed by atoms with van der Waals surface area (Å²) in [5.41, 5.74) is 5.09. The molecule has 1 heterocycles. The number of aliphatic hydroxyl groups excluding tert-OH is 1. The van der Waals surface area contributed by atoms with E-state index in [4.69, 9.17) is 9.47 Å². The molecule has 3 aromatic rings. The molecule has 2 aliphatic rings. The summed E-state index contributed by atoms with van der Waals surface area (Å²) in [7, 11) is 1.27. The Labute approximate surface area is 202 Å². The van der Waals surface area contributed by atoms with Gasteiger partial charge in [0.1, 0.15) is 18.8 Å². The normalized spacial score (nSPS) is 18.7. The van der Waals surface area contributed by atoms with Crippen molar-refractivity contribution >= 4 is 23.7 Å². The maximum atomic E-state index is 13.0. The lowest BCUT2D eigenvalue weighted by Gasteiger charge is -2.18. The van der Waals surface area contributed by atoms with Gasteiger partial charge in [0.2, 0.25) is 0 Å². The fraction of sp³-hybridized carbons (Fsp3) is 0.222. The van der Waals surface area contributed by atoms with Crippen LogP contribution in [0.25, 0.3) is 11.1 Å². The van der Waals surface area contributed by atoms with Gasteiger partial charge in [0.05, 0.1) is 19.2 Å². The Bertz CT molecular complexity index is 1260. The lowest BCUT2D eigenvalue weighted by molar-refractivity contribution is -0.119. The maximum Gasteiger partial charge on any atom is 0.407 e. The molecule has 5 rings (SSSR count). The van der Waals surface area contributed by atoms with Gasteiger partial charge in [0, 0.05) is 11.6 Å². The number of carbonyl (C=O) groups is 3. The van der Waals surface area contributed by atoms with E-state index >= 15 is 0 Å². The molecule has 2 atom stereocenters. The minimum absolute atomic E-state index is 0.0300. The number of esters is 1. The molecule has 1 aliphatic heterocycles. The molecule has 3 aromatic carbocycles. The van der Waals surface area contributed by atoms with E-state index in [1.165, 1.54) is 18.1 Å². The highest BCUT2D eigenvalue weighted by molar-refractivity contribution is 6.02. The van der Waals surface area contributed by atoms with Gasteiger partial charge in [-0.25, -0.2) is 9.59 Å². The average molecular weight is 472 g/mol. The van der Waals surface area contributed by atoms with E-state index in [0.29, 0.717) is 5.69 Å². The zero-order valence-electron chi connectivity index (χ0n) is 19.0. The Morgan fingerprint density at radius 1 is 1.00 bits per heavy atom. The van der Waals surface area contributed by atoms with Gasteiger partial charge >= 0.3 is 12.1 Å². The Balaban J connectivity index is 1.26. The van der Waals surface area contributed by atoms with Crippen molar-refractivity contribution in [2.75, 3.05) is 25.2 Å². The van der Waals surface area contributed by atoms with Crippen molar-refractivity contribution in [3.63, 3.8) is 0 Å². The summed E-state index contributed by atoms with van der Waals surface area (Å²) in [6.45, 7) is 0.0690. The summed E-state index contributed by atoms with van der Waals surface area (Å²) in [4.78, 5) is 38.7. The van der Waals surface area contributed by atoms with Crippen molar-refractivity contribution in [1.29, 1.82) is 0 Å². The van der Waals surface area contributed by atoms with Crippen LogP contribution in [0.15, 0.2) is 72.8 Å². The smallest absolute Gasteiger partial charge is 0.407 e. The molecule has 35 heavy (non-hydrogen) atoms. The number of methoxy groups -OCH3 is 1. The first kappa shape index (κ1) is 22.6. The van der Waals surface area contributed by atoms with E-state index < -0.39 is 30.1 Å². The molecule has 0 radical (unpaired) electrons. The van der Waals surface area contributed by atoms with Crippen LogP contribution in [0.5, 0.6) is 0 Å². The minimum Gasteiger partial charge on any atom is -0.465 e. The Kier molecular flexibility index (Phi) is 5.96. The van der Waals surface area contributed by atoms with Crippen LogP contribution in [0.3, 0.4) is 0 Å². The largest absolute Gasteiger partial charge is 0.465 e. The number of β-amino-alcohol motifs (C(OH)–C–C–N with tert-alkyl or cyclic N) is 1. The molecular formula is C27H24N2O6. The number of aliphatic hydroxyl groups is 1. The van der Waals surface area contributed by atoms with Crippen LogP contribution in [-0.4, -0.2) is 55.5 Å². The topological polar surface area (TPSA) is 105 Å². The molecule has 2 N–H and O–H groups in total. The summed E-state index contributed by atoms with van der Waals surface area (Å²) in [5.74, 6) is -1.14. The van der Waals surface area contributed by atoms with Gasteiger partial charge in [-0.15, -0.1) is 0 Å². The second-order valence-electron chi connectivity index (χ2n) is 8.51. The molecule has 8 nitrogen and oxygen atoms in total. The quantitative estimate of drug-likeness (QED) is 0.553. The number of anilines is 1. The standard InChI is InChI=1S/C27H24N2O6/c1-34-26(32)16-7-6-8-17(13-16)29-14-23(30)24(25(29)31)28-27(33)35-15-22-20-11-4-2-9-18(20)19-10-3-5-12-21(19)22/h2-13,22-24,30H,14-15H2,1H3,(H,28,33)/t23-,24+/m0/s1. The zero-order chi connectivity index (χ0) is 24.5. The number of hydrogen-bond acceptors (Lipinski definition) is 6. The van der Waals surface area contributed by atoms with Crippen molar-refractivity contribution < 1.29 is 29.0 Å². The molecule has 1 fully saturated rings. The number of hydrogen-bond donors (Lipinski definition) is 2. The number of benzene rings is 3. The zero-order valence-corrected chi connectivity index (χ0v) is 19.0. The second-order valence-corrected chi connectivity index (χ2v) is 8.51. The first-order chi connectivity index (χ1) is 17.0. The average Bonchev–Trinajstić information content (AvgIpc) is 3.36. The van der Waals surface area contributed by atoms with Crippen molar-refractivity contribution in [2.45, 2.75) is 18.1 Å². The Morgan fingerprint density at radius 3 is 2.31 bits per heavy atom. The highest BCUT2D eigenvalue weighted by Gasteiger charge is 2.42. The van der Waals surface area contributed by atoms with Crippen LogP contribution in [0.2, 0.25) is 0 Å². The van der Waals surface area contributed by atoms with E-state index in [0.717, 1.165) is 22.3 Å². The van der Waals surface area contributed by atoms with E-state index in [9.17, 15) is 19.5 Å². The van der Waals surface area contributed by atoms with Crippen LogP contribution in [0.4, 0.5) is 10.5 Å². The molecule has 2 amide bonds. The summed E-state index contributed by atoms with van der Waals surface area (Å²) in [5, 5.41) is 13.0. The number of fused-ring (bicyclic) bond motifs is 3. The molecule has 0 unspecified atom stereocenters. The van der Waals surface area contributed by atoms with Crippen molar-refractivity contribution in [1.82, 2.24) is 5.32 Å². The van der Waals surface area contributed by atoms with Crippen molar-refractivity contribution in [3.8, 4) is 11.1 Å². The van der Waals surface area contributed by atoms with Crippen molar-refractivity contribution in [2.24, 2.45) is 0 Å². The van der Waals surface area contributed by atoms with Crippen LogP contribution < -0.4 is 10.2 Å². The van der Waals surface area contributed by atoms with Gasteiger partial charge in [-0.3, -0.25) is 4.79 Å². The van der Waals surface area contributed by atoms with Gasteiger partial charge in [-0.1, -0.05) is 54.6 Å². The first-order valence-corrected chi connectivity index (χ1v) is 11.3. The molecular weight excluding hydrogens is 448 g/mol. The van der Waals surface area contributed by atoms with E-state index in [2.05, 4.69) is 5.32 Å². The van der Waals surface area contributed by atoms with Crippen LogP contribution in [0, 0.1) is 0 Å². The molecule has 0 saturated carbocycles. The third-order valence-electron chi connectivity index (χ3n) is 6.48. The van der Waals surface area contributed by atoms with Crippen LogP contribution in [0.1, 0.15) is 27.4 Å². The lowest BCUT2D eigenvalue weighted by Crippen LogP contribution is -2.46. The van der Waals surface area contributed by atoms with Gasteiger partial charge in [0.15, 0.2) is 0 Å². The molecule has 8 heteroatoms. The number of rotatable bonds is 5. The van der Waals surface area contributed by atoms with E-state index in [1.54, 1.807) is 18.2 Å². The molecule has 1 aliphatic carbocycles. The number of carbonyl (C=O) groups excluding carboxylic acids is 3. The number of nitrogens with one attached hydrogen (secondary N) is 1. The van der Waals surface area contributed by atoms with Gasteiger partial charge in [-0.2, -0.15) is 0 Å². The Hall–Kier alpha value is -4.17. The van der Waals surface area contributed by atoms with E-state index in [-0.39, 0.29) is 24.6 Å². The summed E-state index contributed by atoms with van der Waals surface area (Å²) < 4.78 is 10.2. The van der Waals surface area contributed by atoms with Gasteiger partial charge in [-0.05, 0) is 40.5 Å². The maximum absolute atomic E-state index is 13.0. The summed E-state index contributed by atoms with van der Waals surface area (Å²) in [6, 6.07) is 21.2. The van der Waals surface area contributed by atoms with Crippen LogP contribution in [-0.2, 0) is 14.3 Å². The fourth-order valence-electron chi connectivity index (χ4n) is 4.79. The SMILES string of the molecule is COC(=O)c1cccc(N2C[C@H](O)[C@@H](NC(=O)OCC3c4ccccc4-c4ccccc43)C2=O)c1. The molecule has 0 spiro atoms. The Morgan fingerprint density at radius 2 is 1.66 bits per heavy atom. The number of nitrogens with zero attached hydrogens (tertiary/aromatic N) is 1. The third kappa shape index (κ3) is 4.13. The molecule has 0 aromatic heterocycles. The number of ether oxygens (including phenoxy) is 2. The molecule has 178 valence electrons. The number of amides is 2. The van der Waals surface area contributed by atoms with Gasteiger partial charge < -0.3 is 24.8 Å². The van der Waals surface area contributed by atoms with Crippen LogP contribution >= 0.6 is 0 Å². The predicted molar refractivity (Wildman–Crippen MR) is 128 cm³/mol. The predicted octanol–water partition coefficient (Wildman–Crippen LogP) is 3.09. The third-order valence-corrected chi connectivity index (χ3v) is 6.48. The molecule has 1 saturated heterocycles. The number of alkyl carbamates (subject to hydrolysis) is 1. The summed E-state index contributed by atoms with van der Waals surface area (Å²) in [6.07, 6.45) is -1.92. The van der Waals surface area contributed by atoms with Gasteiger partial charge in [0.25, 0.3) is 5.91 Å². The second kappa shape index (κ2) is 9.23. The van der Waals surface area contributed by atoms with Crippen molar-refractivity contribution in [3.05, 3.63) is 89.5 Å². The summed E-state index contributed by atoms with van der Waals surface area (Å²) >= 11 is 0.